The van der Waals surface area contributed by atoms with Crippen LogP contribution in [-0.2, 0) is 14.4 Å². The second-order valence-electron chi connectivity index (χ2n) is 5.72. The van der Waals surface area contributed by atoms with E-state index < -0.39 is 11.9 Å². The Morgan fingerprint density at radius 1 is 1.10 bits per heavy atom. The molecule has 148 valence electrons. The number of carbonyl (C=O) groups is 3. The van der Waals surface area contributed by atoms with Gasteiger partial charge >= 0.3 is 11.9 Å². The predicted octanol–water partition coefficient (Wildman–Crippen LogP) is 2.28. The summed E-state index contributed by atoms with van der Waals surface area (Å²) in [6.07, 6.45) is 3.97. The lowest BCUT2D eigenvalue weighted by Gasteiger charge is -2.11. The second kappa shape index (κ2) is 9.51. The Balaban J connectivity index is 2.63. The van der Waals surface area contributed by atoms with Gasteiger partial charge in [0.05, 0.1) is 5.57 Å². The number of hydrogen-bond donors (Lipinski definition) is 6. The number of carbonyl (C=O) groups excluding carboxylic acids is 1. The van der Waals surface area contributed by atoms with Gasteiger partial charge in [-0.15, -0.1) is 0 Å². The lowest BCUT2D eigenvalue weighted by atomic mass is 9.98. The van der Waals surface area contributed by atoms with Gasteiger partial charge in [-0.3, -0.25) is 10.2 Å². The summed E-state index contributed by atoms with van der Waals surface area (Å²) in [5.74, 6) is -2.70. The highest BCUT2D eigenvalue weighted by Gasteiger charge is 2.13. The summed E-state index contributed by atoms with van der Waals surface area (Å²) in [5, 5.41) is 31.0. The van der Waals surface area contributed by atoms with Crippen molar-refractivity contribution in [2.45, 2.75) is 0 Å². The Bertz CT molecular complexity index is 1030. The van der Waals surface area contributed by atoms with Crippen LogP contribution in [0, 0.1) is 5.41 Å². The number of guanidine groups is 1. The number of benzene rings is 2. The van der Waals surface area contributed by atoms with E-state index in [1.165, 1.54) is 18.2 Å². The van der Waals surface area contributed by atoms with Gasteiger partial charge < -0.3 is 26.6 Å². The molecule has 1 amide bonds. The first-order chi connectivity index (χ1) is 13.8. The van der Waals surface area contributed by atoms with Gasteiger partial charge in [-0.05, 0) is 41.5 Å². The van der Waals surface area contributed by atoms with Gasteiger partial charge in [0.15, 0.2) is 5.96 Å². The van der Waals surface area contributed by atoms with Crippen LogP contribution in [0.3, 0.4) is 0 Å². The Hall–Kier alpha value is -4.40. The van der Waals surface area contributed by atoms with Crippen LogP contribution in [0.2, 0.25) is 0 Å². The molecule has 0 heterocycles. The van der Waals surface area contributed by atoms with Gasteiger partial charge in [0.25, 0.3) is 0 Å². The minimum atomic E-state index is -1.22. The van der Waals surface area contributed by atoms with Gasteiger partial charge in [0, 0.05) is 23.0 Å². The van der Waals surface area contributed by atoms with Crippen LogP contribution in [0.15, 0.2) is 48.5 Å². The zero-order valence-electron chi connectivity index (χ0n) is 15.0. The van der Waals surface area contributed by atoms with E-state index in [-0.39, 0.29) is 11.5 Å². The highest BCUT2D eigenvalue weighted by Crippen LogP contribution is 2.27. The van der Waals surface area contributed by atoms with Crippen LogP contribution in [0.1, 0.15) is 16.7 Å². The molecule has 2 aromatic rings. The fourth-order valence-electron chi connectivity index (χ4n) is 2.58. The summed E-state index contributed by atoms with van der Waals surface area (Å²) < 4.78 is 0. The van der Waals surface area contributed by atoms with Crippen molar-refractivity contribution < 1.29 is 24.6 Å². The van der Waals surface area contributed by atoms with E-state index in [4.69, 9.17) is 16.2 Å². The molecule has 0 saturated heterocycles. The Kier molecular flexibility index (Phi) is 6.86. The van der Waals surface area contributed by atoms with Crippen LogP contribution in [0.25, 0.3) is 17.7 Å². The van der Waals surface area contributed by atoms with Gasteiger partial charge in [-0.2, -0.15) is 0 Å². The van der Waals surface area contributed by atoms with E-state index in [0.717, 1.165) is 6.08 Å². The lowest BCUT2D eigenvalue weighted by Crippen LogP contribution is -2.20. The van der Waals surface area contributed by atoms with E-state index >= 15 is 0 Å². The van der Waals surface area contributed by atoms with E-state index in [1.54, 1.807) is 36.4 Å². The SMILES string of the molecule is N=C(N)Nc1cccc(C(=Cc2cccc(NC=O)c2C=CC(=O)O)C(=O)O)c1. The number of carboxylic acid groups (broad SMARTS) is 2. The maximum atomic E-state index is 11.9. The molecule has 0 aliphatic heterocycles. The summed E-state index contributed by atoms with van der Waals surface area (Å²) in [5.41, 5.74) is 7.04. The third kappa shape index (κ3) is 5.79. The van der Waals surface area contributed by atoms with Crippen molar-refractivity contribution in [3.05, 3.63) is 65.2 Å². The summed E-state index contributed by atoms with van der Waals surface area (Å²) in [6.45, 7) is 0. The zero-order chi connectivity index (χ0) is 21.4. The molecule has 29 heavy (non-hydrogen) atoms. The molecule has 0 spiro atoms. The van der Waals surface area contributed by atoms with Gasteiger partial charge in [0.1, 0.15) is 0 Å². The maximum Gasteiger partial charge on any atom is 0.336 e. The van der Waals surface area contributed by atoms with E-state index in [1.807, 2.05) is 0 Å². The zero-order valence-corrected chi connectivity index (χ0v) is 15.0. The number of anilines is 2. The van der Waals surface area contributed by atoms with Gasteiger partial charge in [0.2, 0.25) is 6.41 Å². The third-order valence-electron chi connectivity index (χ3n) is 3.73. The summed E-state index contributed by atoms with van der Waals surface area (Å²) in [4.78, 5) is 33.7. The first-order valence-electron chi connectivity index (χ1n) is 8.22. The number of amides is 1. The van der Waals surface area contributed by atoms with Crippen molar-refractivity contribution in [1.29, 1.82) is 5.41 Å². The van der Waals surface area contributed by atoms with Crippen molar-refractivity contribution in [3.8, 4) is 0 Å². The van der Waals surface area contributed by atoms with Crippen LogP contribution in [0.4, 0.5) is 11.4 Å². The molecule has 9 heteroatoms. The molecule has 0 saturated carbocycles. The van der Waals surface area contributed by atoms with Crippen molar-refractivity contribution in [2.24, 2.45) is 5.73 Å². The molecular formula is C20H18N4O5. The molecule has 0 fully saturated rings. The molecular weight excluding hydrogens is 376 g/mol. The van der Waals surface area contributed by atoms with E-state index in [9.17, 15) is 19.5 Å². The van der Waals surface area contributed by atoms with Crippen molar-refractivity contribution >= 4 is 53.4 Å². The van der Waals surface area contributed by atoms with Crippen LogP contribution < -0.4 is 16.4 Å². The monoisotopic (exact) mass is 394 g/mol. The van der Waals surface area contributed by atoms with Crippen LogP contribution in [-0.4, -0.2) is 34.5 Å². The lowest BCUT2D eigenvalue weighted by molar-refractivity contribution is -0.131. The number of hydrogen-bond acceptors (Lipinski definition) is 4. The summed E-state index contributed by atoms with van der Waals surface area (Å²) in [7, 11) is 0. The summed E-state index contributed by atoms with van der Waals surface area (Å²) in [6, 6.07) is 11.1. The van der Waals surface area contributed by atoms with E-state index in [0.29, 0.717) is 34.5 Å². The standard InChI is InChI=1S/C20H18N4O5/c21-20(22)24-14-5-1-3-12(9-14)16(19(28)29)10-13-4-2-6-17(23-11-25)15(13)7-8-18(26)27/h1-11H,(H,23,25)(H,26,27)(H,28,29)(H4,21,22,24). The quantitative estimate of drug-likeness (QED) is 0.131. The normalized spacial score (nSPS) is 11.1. The molecule has 0 aliphatic carbocycles. The summed E-state index contributed by atoms with van der Waals surface area (Å²) >= 11 is 0. The Morgan fingerprint density at radius 3 is 2.45 bits per heavy atom. The van der Waals surface area contributed by atoms with E-state index in [2.05, 4.69) is 10.6 Å². The van der Waals surface area contributed by atoms with Crippen molar-refractivity contribution in [3.63, 3.8) is 0 Å². The van der Waals surface area contributed by atoms with Crippen LogP contribution in [0.5, 0.6) is 0 Å². The van der Waals surface area contributed by atoms with Crippen LogP contribution >= 0.6 is 0 Å². The highest BCUT2D eigenvalue weighted by atomic mass is 16.4. The minimum absolute atomic E-state index is 0.0783. The average Bonchev–Trinajstić information content (AvgIpc) is 2.65. The number of nitrogens with one attached hydrogen (secondary N) is 3. The van der Waals surface area contributed by atoms with Crippen molar-refractivity contribution in [1.82, 2.24) is 0 Å². The molecule has 9 nitrogen and oxygen atoms in total. The molecule has 0 unspecified atom stereocenters. The number of aliphatic carboxylic acids is 2. The van der Waals surface area contributed by atoms with Crippen molar-refractivity contribution in [2.75, 3.05) is 10.6 Å². The fourth-order valence-corrected chi connectivity index (χ4v) is 2.58. The molecule has 0 radical (unpaired) electrons. The molecule has 0 aliphatic rings. The first-order valence-corrected chi connectivity index (χ1v) is 8.22. The molecule has 2 aromatic carbocycles. The Labute approximate surface area is 165 Å². The fraction of sp³-hybridized carbons (Fsp3) is 0. The number of nitrogens with two attached hydrogens (primary N) is 1. The largest absolute Gasteiger partial charge is 0.478 e. The molecule has 0 atom stereocenters. The Morgan fingerprint density at radius 2 is 1.83 bits per heavy atom. The molecule has 7 N–H and O–H groups in total. The average molecular weight is 394 g/mol. The second-order valence-corrected chi connectivity index (χ2v) is 5.72. The highest BCUT2D eigenvalue weighted by molar-refractivity contribution is 6.21. The maximum absolute atomic E-state index is 11.9. The smallest absolute Gasteiger partial charge is 0.336 e. The first kappa shape index (κ1) is 20.9. The third-order valence-corrected chi connectivity index (χ3v) is 3.73. The van der Waals surface area contributed by atoms with Gasteiger partial charge in [-0.1, -0.05) is 24.3 Å². The molecule has 0 aromatic heterocycles. The molecule has 0 bridgehead atoms. The topological polar surface area (TPSA) is 166 Å². The minimum Gasteiger partial charge on any atom is -0.478 e. The predicted molar refractivity (Wildman–Crippen MR) is 110 cm³/mol. The molecule has 2 rings (SSSR count). The number of carboxylic acids is 2. The van der Waals surface area contributed by atoms with Gasteiger partial charge in [-0.25, -0.2) is 9.59 Å². The number of rotatable bonds is 8.